The third-order valence-corrected chi connectivity index (χ3v) is 2.44. The van der Waals surface area contributed by atoms with Gasteiger partial charge >= 0.3 is 5.97 Å². The van der Waals surface area contributed by atoms with E-state index >= 15 is 0 Å². The number of ether oxygens (including phenoxy) is 1. The molecule has 6 heteroatoms. The van der Waals surface area contributed by atoms with Crippen molar-refractivity contribution in [2.45, 2.75) is 13.8 Å². The number of hydrogen-bond donors (Lipinski definition) is 2. The standard InChI is InChI=1S/C15H20N2O4/c1-11(2)10-21-9-8-17-15(20)14-12(4-3-7-16-14)5-6-13(18)19/h3-7,11H,8-10H2,1-2H3,(H,17,20)(H,18,19)/b6-5+. The van der Waals surface area contributed by atoms with Gasteiger partial charge in [0.15, 0.2) is 0 Å². The van der Waals surface area contributed by atoms with Gasteiger partial charge < -0.3 is 15.2 Å². The van der Waals surface area contributed by atoms with E-state index in [1.165, 1.54) is 12.3 Å². The molecule has 0 bridgehead atoms. The molecule has 2 N–H and O–H groups in total. The first-order valence-corrected chi connectivity index (χ1v) is 6.72. The molecule has 1 amide bonds. The highest BCUT2D eigenvalue weighted by Gasteiger charge is 2.10. The van der Waals surface area contributed by atoms with Gasteiger partial charge in [-0.3, -0.25) is 9.78 Å². The normalized spacial score (nSPS) is 11.0. The predicted molar refractivity (Wildman–Crippen MR) is 78.9 cm³/mol. The lowest BCUT2D eigenvalue weighted by Gasteiger charge is -2.09. The average molecular weight is 292 g/mol. The summed E-state index contributed by atoms with van der Waals surface area (Å²) >= 11 is 0. The second-order valence-corrected chi connectivity index (χ2v) is 4.84. The third kappa shape index (κ3) is 6.67. The summed E-state index contributed by atoms with van der Waals surface area (Å²) in [6, 6.07) is 3.28. The van der Waals surface area contributed by atoms with E-state index in [0.29, 0.717) is 31.2 Å². The number of carboxylic acid groups (broad SMARTS) is 1. The highest BCUT2D eigenvalue weighted by molar-refractivity contribution is 5.97. The summed E-state index contributed by atoms with van der Waals surface area (Å²) in [6.07, 6.45) is 3.81. The summed E-state index contributed by atoms with van der Waals surface area (Å²) in [5, 5.41) is 11.3. The summed E-state index contributed by atoms with van der Waals surface area (Å²) in [4.78, 5) is 26.5. The summed E-state index contributed by atoms with van der Waals surface area (Å²) in [5.74, 6) is -0.981. The van der Waals surface area contributed by atoms with Crippen LogP contribution in [0.3, 0.4) is 0 Å². The lowest BCUT2D eigenvalue weighted by atomic mass is 10.1. The lowest BCUT2D eigenvalue weighted by molar-refractivity contribution is -0.131. The van der Waals surface area contributed by atoms with E-state index in [0.717, 1.165) is 6.08 Å². The van der Waals surface area contributed by atoms with E-state index in [-0.39, 0.29) is 11.6 Å². The largest absolute Gasteiger partial charge is 0.478 e. The molecule has 114 valence electrons. The van der Waals surface area contributed by atoms with Crippen LogP contribution in [-0.4, -0.2) is 41.7 Å². The van der Waals surface area contributed by atoms with Gasteiger partial charge in [0.05, 0.1) is 6.61 Å². The highest BCUT2D eigenvalue weighted by Crippen LogP contribution is 2.07. The zero-order valence-corrected chi connectivity index (χ0v) is 12.2. The van der Waals surface area contributed by atoms with Crippen LogP contribution in [0.4, 0.5) is 0 Å². The Morgan fingerprint density at radius 3 is 2.90 bits per heavy atom. The lowest BCUT2D eigenvalue weighted by Crippen LogP contribution is -2.29. The number of hydrogen-bond acceptors (Lipinski definition) is 4. The van der Waals surface area contributed by atoms with Crippen LogP contribution in [-0.2, 0) is 9.53 Å². The van der Waals surface area contributed by atoms with Crippen molar-refractivity contribution >= 4 is 18.0 Å². The number of nitrogens with zero attached hydrogens (tertiary/aromatic N) is 1. The number of aliphatic carboxylic acids is 1. The van der Waals surface area contributed by atoms with Gasteiger partial charge in [-0.05, 0) is 18.1 Å². The molecule has 1 heterocycles. The molecule has 0 unspecified atom stereocenters. The number of rotatable bonds is 8. The Bertz CT molecular complexity index is 512. The molecule has 6 nitrogen and oxygen atoms in total. The van der Waals surface area contributed by atoms with E-state index in [4.69, 9.17) is 9.84 Å². The minimum absolute atomic E-state index is 0.193. The van der Waals surface area contributed by atoms with Crippen LogP contribution in [0.15, 0.2) is 24.4 Å². The average Bonchev–Trinajstić information content (AvgIpc) is 2.44. The minimum atomic E-state index is -1.08. The molecule has 0 spiro atoms. The fourth-order valence-electron chi connectivity index (χ4n) is 1.54. The monoisotopic (exact) mass is 292 g/mol. The smallest absolute Gasteiger partial charge is 0.328 e. The van der Waals surface area contributed by atoms with E-state index in [2.05, 4.69) is 10.3 Å². The number of carboxylic acids is 1. The first-order chi connectivity index (χ1) is 10.0. The van der Waals surface area contributed by atoms with Crippen molar-refractivity contribution in [1.82, 2.24) is 10.3 Å². The number of carbonyl (C=O) groups excluding carboxylic acids is 1. The van der Waals surface area contributed by atoms with Crippen LogP contribution in [0.1, 0.15) is 29.9 Å². The van der Waals surface area contributed by atoms with Gasteiger partial charge in [0.2, 0.25) is 0 Å². The molecule has 0 aromatic carbocycles. The molecule has 0 aliphatic heterocycles. The van der Waals surface area contributed by atoms with Crippen molar-refractivity contribution in [2.75, 3.05) is 19.8 Å². The van der Waals surface area contributed by atoms with E-state index in [9.17, 15) is 9.59 Å². The van der Waals surface area contributed by atoms with Gasteiger partial charge in [0, 0.05) is 31.0 Å². The number of nitrogens with one attached hydrogen (secondary N) is 1. The Morgan fingerprint density at radius 1 is 1.48 bits per heavy atom. The Morgan fingerprint density at radius 2 is 2.24 bits per heavy atom. The maximum absolute atomic E-state index is 12.0. The summed E-state index contributed by atoms with van der Waals surface area (Å²) < 4.78 is 5.36. The third-order valence-electron chi connectivity index (χ3n) is 2.44. The van der Waals surface area contributed by atoms with Crippen molar-refractivity contribution in [3.8, 4) is 0 Å². The molecule has 1 aromatic heterocycles. The SMILES string of the molecule is CC(C)COCCNC(=O)c1ncccc1/C=C/C(=O)O. The zero-order valence-electron chi connectivity index (χ0n) is 12.2. The first-order valence-electron chi connectivity index (χ1n) is 6.72. The van der Waals surface area contributed by atoms with Crippen LogP contribution in [0.25, 0.3) is 6.08 Å². The molecule has 1 aromatic rings. The van der Waals surface area contributed by atoms with E-state index in [1.54, 1.807) is 12.1 Å². The molecular formula is C15H20N2O4. The van der Waals surface area contributed by atoms with Gasteiger partial charge in [-0.25, -0.2) is 4.79 Å². The molecule has 0 aliphatic rings. The summed E-state index contributed by atoms with van der Waals surface area (Å²) in [5.41, 5.74) is 0.652. The molecule has 0 saturated heterocycles. The van der Waals surface area contributed by atoms with Gasteiger partial charge in [-0.15, -0.1) is 0 Å². The number of pyridine rings is 1. The van der Waals surface area contributed by atoms with Gasteiger partial charge in [0.1, 0.15) is 5.69 Å². The van der Waals surface area contributed by atoms with Crippen LogP contribution >= 0.6 is 0 Å². The topological polar surface area (TPSA) is 88.5 Å². The van der Waals surface area contributed by atoms with Gasteiger partial charge in [0.25, 0.3) is 5.91 Å². The Hall–Kier alpha value is -2.21. The van der Waals surface area contributed by atoms with Crippen LogP contribution in [0.5, 0.6) is 0 Å². The summed E-state index contributed by atoms with van der Waals surface area (Å²) in [6.45, 7) is 5.55. The van der Waals surface area contributed by atoms with Crippen LogP contribution in [0.2, 0.25) is 0 Å². The zero-order chi connectivity index (χ0) is 15.7. The molecule has 21 heavy (non-hydrogen) atoms. The molecule has 0 aliphatic carbocycles. The van der Waals surface area contributed by atoms with Gasteiger partial charge in [-0.2, -0.15) is 0 Å². The number of carbonyl (C=O) groups is 2. The Labute approximate surface area is 123 Å². The van der Waals surface area contributed by atoms with Crippen molar-refractivity contribution in [3.63, 3.8) is 0 Å². The maximum Gasteiger partial charge on any atom is 0.328 e. The number of aromatic nitrogens is 1. The van der Waals surface area contributed by atoms with Crippen LogP contribution < -0.4 is 5.32 Å². The molecular weight excluding hydrogens is 272 g/mol. The van der Waals surface area contributed by atoms with Gasteiger partial charge in [-0.1, -0.05) is 19.9 Å². The minimum Gasteiger partial charge on any atom is -0.478 e. The highest BCUT2D eigenvalue weighted by atomic mass is 16.5. The van der Waals surface area contributed by atoms with Crippen molar-refractivity contribution in [3.05, 3.63) is 35.7 Å². The molecule has 0 fully saturated rings. The van der Waals surface area contributed by atoms with E-state index < -0.39 is 5.97 Å². The maximum atomic E-state index is 12.0. The predicted octanol–water partition coefficient (Wildman–Crippen LogP) is 1.58. The first kappa shape index (κ1) is 16.8. The Balaban J connectivity index is 2.56. The molecule has 0 atom stereocenters. The molecule has 0 radical (unpaired) electrons. The van der Waals surface area contributed by atoms with E-state index in [1.807, 2.05) is 13.8 Å². The second-order valence-electron chi connectivity index (χ2n) is 4.84. The van der Waals surface area contributed by atoms with Crippen molar-refractivity contribution in [1.29, 1.82) is 0 Å². The second kappa shape index (κ2) is 8.86. The fourth-order valence-corrected chi connectivity index (χ4v) is 1.54. The molecule has 0 saturated carbocycles. The van der Waals surface area contributed by atoms with Crippen LogP contribution in [0, 0.1) is 5.92 Å². The van der Waals surface area contributed by atoms with Crippen molar-refractivity contribution in [2.24, 2.45) is 5.92 Å². The summed E-state index contributed by atoms with van der Waals surface area (Å²) in [7, 11) is 0. The number of amides is 1. The van der Waals surface area contributed by atoms with Crippen molar-refractivity contribution < 1.29 is 19.4 Å². The molecule has 1 rings (SSSR count). The fraction of sp³-hybridized carbons (Fsp3) is 0.400. The quantitative estimate of drug-likeness (QED) is 0.561. The Kier molecular flexibility index (Phi) is 7.11.